The summed E-state index contributed by atoms with van der Waals surface area (Å²) in [6, 6.07) is 7.54. The van der Waals surface area contributed by atoms with Crippen molar-refractivity contribution in [3.05, 3.63) is 29.8 Å². The SMILES string of the molecule is CCC1(C(=O)c2ccccc2OC)CCNCC1. The summed E-state index contributed by atoms with van der Waals surface area (Å²) in [4.78, 5) is 12.8. The van der Waals surface area contributed by atoms with E-state index >= 15 is 0 Å². The molecule has 0 atom stereocenters. The third-order valence-electron chi connectivity index (χ3n) is 4.07. The van der Waals surface area contributed by atoms with E-state index in [0.29, 0.717) is 5.75 Å². The van der Waals surface area contributed by atoms with Gasteiger partial charge < -0.3 is 10.1 Å². The van der Waals surface area contributed by atoms with Gasteiger partial charge in [-0.3, -0.25) is 4.79 Å². The highest BCUT2D eigenvalue weighted by molar-refractivity contribution is 6.02. The molecule has 3 nitrogen and oxygen atoms in total. The molecule has 18 heavy (non-hydrogen) atoms. The summed E-state index contributed by atoms with van der Waals surface area (Å²) in [6.07, 6.45) is 2.73. The number of hydrogen-bond acceptors (Lipinski definition) is 3. The highest BCUT2D eigenvalue weighted by Crippen LogP contribution is 2.38. The first-order chi connectivity index (χ1) is 8.73. The largest absolute Gasteiger partial charge is 0.496 e. The molecule has 98 valence electrons. The molecule has 1 N–H and O–H groups in total. The molecule has 1 fully saturated rings. The number of benzene rings is 1. The zero-order chi connectivity index (χ0) is 13.0. The molecule has 0 radical (unpaired) electrons. The number of ether oxygens (including phenoxy) is 1. The van der Waals surface area contributed by atoms with E-state index in [1.165, 1.54) is 0 Å². The second-order valence-electron chi connectivity index (χ2n) is 4.91. The van der Waals surface area contributed by atoms with Gasteiger partial charge in [0.1, 0.15) is 5.75 Å². The molecular formula is C15H21NO2. The number of nitrogens with one attached hydrogen (secondary N) is 1. The number of rotatable bonds is 4. The van der Waals surface area contributed by atoms with Crippen molar-refractivity contribution in [1.82, 2.24) is 5.32 Å². The molecule has 1 heterocycles. The monoisotopic (exact) mass is 247 g/mol. The van der Waals surface area contributed by atoms with E-state index < -0.39 is 0 Å². The van der Waals surface area contributed by atoms with Crippen molar-refractivity contribution in [2.45, 2.75) is 26.2 Å². The van der Waals surface area contributed by atoms with Gasteiger partial charge in [-0.05, 0) is 44.5 Å². The van der Waals surface area contributed by atoms with E-state index in [9.17, 15) is 4.79 Å². The highest BCUT2D eigenvalue weighted by atomic mass is 16.5. The van der Waals surface area contributed by atoms with Gasteiger partial charge in [-0.15, -0.1) is 0 Å². The van der Waals surface area contributed by atoms with E-state index in [-0.39, 0.29) is 11.2 Å². The lowest BCUT2D eigenvalue weighted by Crippen LogP contribution is -2.41. The van der Waals surface area contributed by atoms with Crippen LogP contribution in [0.3, 0.4) is 0 Å². The molecule has 1 aliphatic heterocycles. The van der Waals surface area contributed by atoms with E-state index in [1.807, 2.05) is 24.3 Å². The Hall–Kier alpha value is -1.35. The predicted molar refractivity (Wildman–Crippen MR) is 72.2 cm³/mol. The van der Waals surface area contributed by atoms with Gasteiger partial charge in [0.2, 0.25) is 0 Å². The number of Topliss-reactive ketones (excluding diaryl/α,β-unsaturated/α-hetero) is 1. The van der Waals surface area contributed by atoms with Crippen LogP contribution in [0.15, 0.2) is 24.3 Å². The Labute approximate surface area is 109 Å². The smallest absolute Gasteiger partial charge is 0.172 e. The van der Waals surface area contributed by atoms with E-state index in [2.05, 4.69) is 12.2 Å². The van der Waals surface area contributed by atoms with Gasteiger partial charge in [0.15, 0.2) is 5.78 Å². The first kappa shape index (κ1) is 13.1. The number of carbonyl (C=O) groups is 1. The van der Waals surface area contributed by atoms with Gasteiger partial charge in [-0.25, -0.2) is 0 Å². The molecule has 1 aromatic rings. The van der Waals surface area contributed by atoms with Crippen LogP contribution in [-0.2, 0) is 0 Å². The fourth-order valence-electron chi connectivity index (χ4n) is 2.76. The molecule has 3 heteroatoms. The normalized spacial score (nSPS) is 18.3. The Morgan fingerprint density at radius 3 is 2.61 bits per heavy atom. The molecule has 0 unspecified atom stereocenters. The molecular weight excluding hydrogens is 226 g/mol. The number of carbonyl (C=O) groups excluding carboxylic acids is 1. The summed E-state index contributed by atoms with van der Waals surface area (Å²) in [6.45, 7) is 3.96. The summed E-state index contributed by atoms with van der Waals surface area (Å²) in [7, 11) is 1.62. The van der Waals surface area contributed by atoms with Crippen molar-refractivity contribution in [3.8, 4) is 5.75 Å². The van der Waals surface area contributed by atoms with Gasteiger partial charge >= 0.3 is 0 Å². The Morgan fingerprint density at radius 1 is 1.33 bits per heavy atom. The summed E-state index contributed by atoms with van der Waals surface area (Å²) in [5.41, 5.74) is 0.517. The minimum absolute atomic E-state index is 0.208. The van der Waals surface area contributed by atoms with Gasteiger partial charge in [-0.1, -0.05) is 19.1 Å². The van der Waals surface area contributed by atoms with Crippen molar-refractivity contribution < 1.29 is 9.53 Å². The molecule has 0 aliphatic carbocycles. The number of piperidine rings is 1. The van der Waals surface area contributed by atoms with Crippen molar-refractivity contribution in [1.29, 1.82) is 0 Å². The maximum Gasteiger partial charge on any atom is 0.172 e. The topological polar surface area (TPSA) is 38.3 Å². The first-order valence-electron chi connectivity index (χ1n) is 6.62. The van der Waals surface area contributed by atoms with Crippen LogP contribution in [-0.4, -0.2) is 26.0 Å². The van der Waals surface area contributed by atoms with Crippen LogP contribution >= 0.6 is 0 Å². The van der Waals surface area contributed by atoms with Crippen molar-refractivity contribution in [2.75, 3.05) is 20.2 Å². The molecule has 1 saturated heterocycles. The minimum atomic E-state index is -0.208. The third-order valence-corrected chi connectivity index (χ3v) is 4.07. The Kier molecular flexibility index (Phi) is 4.02. The zero-order valence-electron chi connectivity index (χ0n) is 11.2. The van der Waals surface area contributed by atoms with Gasteiger partial charge in [-0.2, -0.15) is 0 Å². The Morgan fingerprint density at radius 2 is 2.00 bits per heavy atom. The van der Waals surface area contributed by atoms with Gasteiger partial charge in [0.25, 0.3) is 0 Å². The van der Waals surface area contributed by atoms with Gasteiger partial charge in [0, 0.05) is 5.41 Å². The molecule has 0 aromatic heterocycles. The fourth-order valence-corrected chi connectivity index (χ4v) is 2.76. The molecule has 2 rings (SSSR count). The lowest BCUT2D eigenvalue weighted by atomic mass is 9.71. The molecule has 1 aromatic carbocycles. The molecule has 0 bridgehead atoms. The van der Waals surface area contributed by atoms with Crippen molar-refractivity contribution >= 4 is 5.78 Å². The quantitative estimate of drug-likeness (QED) is 0.831. The maximum atomic E-state index is 12.8. The van der Waals surface area contributed by atoms with Crippen LogP contribution in [0.1, 0.15) is 36.5 Å². The standard InChI is InChI=1S/C15H21NO2/c1-3-15(8-10-16-11-9-15)14(17)12-6-4-5-7-13(12)18-2/h4-7,16H,3,8-11H2,1-2H3. The minimum Gasteiger partial charge on any atom is -0.496 e. The van der Waals surface area contributed by atoms with Crippen LogP contribution in [0, 0.1) is 5.41 Å². The third kappa shape index (κ3) is 2.27. The Balaban J connectivity index is 2.33. The second kappa shape index (κ2) is 5.53. The predicted octanol–water partition coefficient (Wildman–Crippen LogP) is 2.66. The zero-order valence-corrected chi connectivity index (χ0v) is 11.2. The molecule has 0 amide bonds. The average molecular weight is 247 g/mol. The maximum absolute atomic E-state index is 12.8. The van der Waals surface area contributed by atoms with Crippen LogP contribution in [0.25, 0.3) is 0 Å². The molecule has 1 aliphatic rings. The number of methoxy groups -OCH3 is 1. The fraction of sp³-hybridized carbons (Fsp3) is 0.533. The second-order valence-corrected chi connectivity index (χ2v) is 4.91. The molecule has 0 saturated carbocycles. The summed E-state index contributed by atoms with van der Waals surface area (Å²) in [5.74, 6) is 0.929. The van der Waals surface area contributed by atoms with Crippen LogP contribution in [0.4, 0.5) is 0 Å². The number of hydrogen-bond donors (Lipinski definition) is 1. The van der Waals surface area contributed by atoms with Crippen molar-refractivity contribution in [2.24, 2.45) is 5.41 Å². The van der Waals surface area contributed by atoms with Crippen LogP contribution in [0.2, 0.25) is 0 Å². The summed E-state index contributed by atoms with van der Waals surface area (Å²) in [5, 5.41) is 3.33. The number of para-hydroxylation sites is 1. The first-order valence-corrected chi connectivity index (χ1v) is 6.62. The summed E-state index contributed by atoms with van der Waals surface area (Å²) >= 11 is 0. The van der Waals surface area contributed by atoms with Crippen molar-refractivity contribution in [3.63, 3.8) is 0 Å². The average Bonchev–Trinajstić information content (AvgIpc) is 2.47. The Bertz CT molecular complexity index is 422. The van der Waals surface area contributed by atoms with Gasteiger partial charge in [0.05, 0.1) is 12.7 Å². The van der Waals surface area contributed by atoms with E-state index in [4.69, 9.17) is 4.74 Å². The lowest BCUT2D eigenvalue weighted by Gasteiger charge is -2.35. The number of ketones is 1. The van der Waals surface area contributed by atoms with E-state index in [1.54, 1.807) is 7.11 Å². The van der Waals surface area contributed by atoms with Crippen LogP contribution in [0.5, 0.6) is 5.75 Å². The van der Waals surface area contributed by atoms with E-state index in [0.717, 1.165) is 37.9 Å². The summed E-state index contributed by atoms with van der Waals surface area (Å²) < 4.78 is 5.31. The molecule has 0 spiro atoms. The highest BCUT2D eigenvalue weighted by Gasteiger charge is 2.39. The van der Waals surface area contributed by atoms with Crippen LogP contribution < -0.4 is 10.1 Å². The lowest BCUT2D eigenvalue weighted by molar-refractivity contribution is 0.0714.